The average molecular weight is 494 g/mol. The Bertz CT molecular complexity index is 1350. The molecule has 1 heterocycles. The van der Waals surface area contributed by atoms with Crippen LogP contribution in [-0.2, 0) is 14.8 Å². The number of benzene rings is 3. The van der Waals surface area contributed by atoms with Crippen LogP contribution in [0, 0.1) is 0 Å². The zero-order chi connectivity index (χ0) is 25.2. The minimum atomic E-state index is -3.57. The maximum atomic E-state index is 12.9. The second kappa shape index (κ2) is 9.97. The fraction of sp³-hybridized carbons (Fsp3) is 0.269. The SMILES string of the molecule is CCN(CC)S(=O)(=O)c1ccc(NC(=O)CCCN2C(=O)c3cccc4cccc(c34)C2=O)cc1. The second-order valence-electron chi connectivity index (χ2n) is 8.24. The van der Waals surface area contributed by atoms with Crippen molar-refractivity contribution in [2.75, 3.05) is 25.0 Å². The van der Waals surface area contributed by atoms with Gasteiger partial charge in [0.2, 0.25) is 15.9 Å². The topological polar surface area (TPSA) is 104 Å². The number of hydrogen-bond acceptors (Lipinski definition) is 5. The molecular formula is C26H27N3O5S. The number of carbonyl (C=O) groups excluding carboxylic acids is 3. The Hall–Kier alpha value is -3.56. The van der Waals surface area contributed by atoms with Gasteiger partial charge in [-0.15, -0.1) is 0 Å². The molecular weight excluding hydrogens is 466 g/mol. The molecule has 0 spiro atoms. The Morgan fingerprint density at radius 1 is 0.886 bits per heavy atom. The largest absolute Gasteiger partial charge is 0.326 e. The number of amides is 3. The maximum Gasteiger partial charge on any atom is 0.261 e. The van der Waals surface area contributed by atoms with Crippen molar-refractivity contribution in [3.05, 3.63) is 71.8 Å². The molecule has 3 amide bonds. The number of hydrogen-bond donors (Lipinski definition) is 1. The van der Waals surface area contributed by atoms with Crippen molar-refractivity contribution in [2.45, 2.75) is 31.6 Å². The van der Waals surface area contributed by atoms with E-state index in [9.17, 15) is 22.8 Å². The molecule has 4 rings (SSSR count). The fourth-order valence-corrected chi connectivity index (χ4v) is 5.79. The first-order valence-corrected chi connectivity index (χ1v) is 13.0. The third-order valence-corrected chi connectivity index (χ3v) is 8.19. The second-order valence-corrected chi connectivity index (χ2v) is 10.2. The van der Waals surface area contributed by atoms with E-state index < -0.39 is 10.0 Å². The van der Waals surface area contributed by atoms with Crippen LogP contribution in [0.15, 0.2) is 65.6 Å². The summed E-state index contributed by atoms with van der Waals surface area (Å²) in [5.41, 5.74) is 1.45. The first-order chi connectivity index (χ1) is 16.8. The molecule has 1 N–H and O–H groups in total. The summed E-state index contributed by atoms with van der Waals surface area (Å²) in [5.74, 6) is -1.00. The molecule has 0 radical (unpaired) electrons. The van der Waals surface area contributed by atoms with Gasteiger partial charge in [-0.1, -0.05) is 38.1 Å². The van der Waals surface area contributed by atoms with Crippen LogP contribution in [0.2, 0.25) is 0 Å². The first kappa shape index (κ1) is 24.6. The van der Waals surface area contributed by atoms with Gasteiger partial charge in [-0.2, -0.15) is 4.31 Å². The number of sulfonamides is 1. The summed E-state index contributed by atoms with van der Waals surface area (Å²) >= 11 is 0. The van der Waals surface area contributed by atoms with Crippen LogP contribution < -0.4 is 5.32 Å². The minimum Gasteiger partial charge on any atom is -0.326 e. The van der Waals surface area contributed by atoms with Crippen molar-refractivity contribution < 1.29 is 22.8 Å². The molecule has 3 aromatic rings. The predicted octanol–water partition coefficient (Wildman–Crippen LogP) is 3.89. The first-order valence-electron chi connectivity index (χ1n) is 11.6. The van der Waals surface area contributed by atoms with Gasteiger partial charge in [-0.3, -0.25) is 19.3 Å². The summed E-state index contributed by atoms with van der Waals surface area (Å²) < 4.78 is 26.5. The van der Waals surface area contributed by atoms with Crippen molar-refractivity contribution in [1.82, 2.24) is 9.21 Å². The van der Waals surface area contributed by atoms with Gasteiger partial charge in [0.05, 0.1) is 4.90 Å². The van der Waals surface area contributed by atoms with Gasteiger partial charge in [0.15, 0.2) is 0 Å². The lowest BCUT2D eigenvalue weighted by molar-refractivity contribution is -0.116. The lowest BCUT2D eigenvalue weighted by atomic mass is 9.94. The summed E-state index contributed by atoms with van der Waals surface area (Å²) in [6.07, 6.45) is 0.401. The predicted molar refractivity (Wildman–Crippen MR) is 134 cm³/mol. The van der Waals surface area contributed by atoms with Crippen LogP contribution in [-0.4, -0.2) is 55.0 Å². The number of nitrogens with one attached hydrogen (secondary N) is 1. The zero-order valence-electron chi connectivity index (χ0n) is 19.7. The summed E-state index contributed by atoms with van der Waals surface area (Å²) in [4.78, 5) is 39.7. The van der Waals surface area contributed by atoms with Crippen LogP contribution in [0.4, 0.5) is 5.69 Å². The van der Waals surface area contributed by atoms with Gasteiger partial charge >= 0.3 is 0 Å². The Labute approximate surface area is 204 Å². The highest BCUT2D eigenvalue weighted by atomic mass is 32.2. The van der Waals surface area contributed by atoms with Crippen molar-refractivity contribution in [1.29, 1.82) is 0 Å². The average Bonchev–Trinajstić information content (AvgIpc) is 2.85. The molecule has 0 unspecified atom stereocenters. The quantitative estimate of drug-likeness (QED) is 0.456. The summed E-state index contributed by atoms with van der Waals surface area (Å²) in [6.45, 7) is 4.43. The smallest absolute Gasteiger partial charge is 0.261 e. The van der Waals surface area contributed by atoms with E-state index in [1.54, 1.807) is 50.2 Å². The molecule has 0 aliphatic carbocycles. The normalized spacial score (nSPS) is 13.5. The lowest BCUT2D eigenvalue weighted by Crippen LogP contribution is -2.41. The van der Waals surface area contributed by atoms with Gasteiger partial charge in [-0.05, 0) is 48.2 Å². The van der Waals surface area contributed by atoms with E-state index in [0.717, 1.165) is 5.39 Å². The van der Waals surface area contributed by atoms with Crippen LogP contribution in [0.5, 0.6) is 0 Å². The minimum absolute atomic E-state index is 0.0996. The molecule has 1 aliphatic heterocycles. The van der Waals surface area contributed by atoms with Gasteiger partial charge in [-0.25, -0.2) is 8.42 Å². The molecule has 0 atom stereocenters. The molecule has 0 fully saturated rings. The van der Waals surface area contributed by atoms with E-state index >= 15 is 0 Å². The van der Waals surface area contributed by atoms with E-state index in [-0.39, 0.29) is 35.6 Å². The van der Waals surface area contributed by atoms with E-state index in [1.165, 1.54) is 21.3 Å². The molecule has 9 heteroatoms. The van der Waals surface area contributed by atoms with E-state index in [0.29, 0.717) is 41.7 Å². The molecule has 182 valence electrons. The molecule has 0 saturated heterocycles. The highest BCUT2D eigenvalue weighted by Crippen LogP contribution is 2.30. The summed E-state index contributed by atoms with van der Waals surface area (Å²) in [5, 5.41) is 4.25. The van der Waals surface area contributed by atoms with Crippen LogP contribution in [0.1, 0.15) is 47.4 Å². The van der Waals surface area contributed by atoms with Crippen LogP contribution >= 0.6 is 0 Å². The molecule has 35 heavy (non-hydrogen) atoms. The Morgan fingerprint density at radius 3 is 2.00 bits per heavy atom. The highest BCUT2D eigenvalue weighted by Gasteiger charge is 2.32. The fourth-order valence-electron chi connectivity index (χ4n) is 4.33. The molecule has 1 aliphatic rings. The monoisotopic (exact) mass is 493 g/mol. The van der Waals surface area contributed by atoms with Gasteiger partial charge in [0, 0.05) is 48.3 Å². The Kier molecular flexibility index (Phi) is 7.00. The molecule has 0 bridgehead atoms. The zero-order valence-corrected chi connectivity index (χ0v) is 20.5. The molecule has 8 nitrogen and oxygen atoms in total. The van der Waals surface area contributed by atoms with E-state index in [2.05, 4.69) is 5.32 Å². The van der Waals surface area contributed by atoms with E-state index in [4.69, 9.17) is 0 Å². The van der Waals surface area contributed by atoms with E-state index in [1.807, 2.05) is 12.1 Å². The van der Waals surface area contributed by atoms with Crippen molar-refractivity contribution in [3.8, 4) is 0 Å². The molecule has 3 aromatic carbocycles. The number of anilines is 1. The highest BCUT2D eigenvalue weighted by molar-refractivity contribution is 7.89. The number of imide groups is 1. The van der Waals surface area contributed by atoms with Crippen molar-refractivity contribution in [3.63, 3.8) is 0 Å². The van der Waals surface area contributed by atoms with Crippen molar-refractivity contribution in [2.24, 2.45) is 0 Å². The Morgan fingerprint density at radius 2 is 1.46 bits per heavy atom. The summed E-state index contributed by atoms with van der Waals surface area (Å²) in [6, 6.07) is 16.8. The third-order valence-electron chi connectivity index (χ3n) is 6.12. The third kappa shape index (κ3) is 4.69. The lowest BCUT2D eigenvalue weighted by Gasteiger charge is -2.27. The number of carbonyl (C=O) groups is 3. The van der Waals surface area contributed by atoms with Crippen LogP contribution in [0.25, 0.3) is 10.8 Å². The standard InChI is InChI=1S/C26H27N3O5S/c1-3-28(4-2)35(33,34)20-15-13-19(14-16-20)27-23(30)12-7-17-29-25(31)21-10-5-8-18-9-6-11-22(24(18)21)26(29)32/h5-6,8-11,13-16H,3-4,7,12,17H2,1-2H3,(H,27,30). The number of rotatable bonds is 9. The summed E-state index contributed by atoms with van der Waals surface area (Å²) in [7, 11) is -3.57. The van der Waals surface area contributed by atoms with Gasteiger partial charge < -0.3 is 5.32 Å². The van der Waals surface area contributed by atoms with Gasteiger partial charge in [0.25, 0.3) is 11.8 Å². The molecule has 0 saturated carbocycles. The number of nitrogens with zero attached hydrogens (tertiary/aromatic N) is 2. The Balaban J connectivity index is 1.36. The maximum absolute atomic E-state index is 12.9. The van der Waals surface area contributed by atoms with Crippen LogP contribution in [0.3, 0.4) is 0 Å². The molecule has 0 aromatic heterocycles. The van der Waals surface area contributed by atoms with Crippen molar-refractivity contribution >= 4 is 44.2 Å². The van der Waals surface area contributed by atoms with Gasteiger partial charge in [0.1, 0.15) is 0 Å².